The summed E-state index contributed by atoms with van der Waals surface area (Å²) in [6.07, 6.45) is -0.759. The summed E-state index contributed by atoms with van der Waals surface area (Å²) in [7, 11) is 0. The van der Waals surface area contributed by atoms with Crippen LogP contribution in [0.15, 0.2) is 12.1 Å². The summed E-state index contributed by atoms with van der Waals surface area (Å²) < 4.78 is 12.9. The van der Waals surface area contributed by atoms with E-state index in [0.29, 0.717) is 11.0 Å². The van der Waals surface area contributed by atoms with Crippen LogP contribution < -0.4 is 10.6 Å². The molecule has 2 atom stereocenters. The van der Waals surface area contributed by atoms with Crippen molar-refractivity contribution in [2.45, 2.75) is 25.6 Å². The molecule has 0 aliphatic carbocycles. The first kappa shape index (κ1) is 12.3. The molecule has 1 saturated heterocycles. The van der Waals surface area contributed by atoms with E-state index in [9.17, 15) is 9.18 Å². The Labute approximate surface area is 104 Å². The van der Waals surface area contributed by atoms with Crippen LogP contribution in [-0.4, -0.2) is 29.6 Å². The second-order valence-electron chi connectivity index (χ2n) is 4.08. The Morgan fingerprint density at radius 1 is 1.65 bits per heavy atom. The number of carbonyl (C=O) groups excluding carboxylic acids is 1. The van der Waals surface area contributed by atoms with Crippen molar-refractivity contribution in [2.75, 3.05) is 11.9 Å². The molecule has 0 bridgehead atoms. The summed E-state index contributed by atoms with van der Waals surface area (Å²) in [5, 5.41) is 5.78. The zero-order chi connectivity index (χ0) is 12.4. The zero-order valence-corrected chi connectivity index (χ0v) is 10.1. The van der Waals surface area contributed by atoms with Crippen molar-refractivity contribution in [3.63, 3.8) is 0 Å². The van der Waals surface area contributed by atoms with E-state index in [2.05, 4.69) is 15.6 Å². The Bertz CT molecular complexity index is 441. The number of rotatable bonds is 2. The SMILES string of the molecule is Cc1ccc(Cl)nc1NC(=O)[C@@H]1C[C@@H](F)CN1. The summed E-state index contributed by atoms with van der Waals surface area (Å²) in [6.45, 7) is 2.04. The van der Waals surface area contributed by atoms with Crippen LogP contribution in [0.3, 0.4) is 0 Å². The molecule has 2 N–H and O–H groups in total. The average molecular weight is 258 g/mol. The lowest BCUT2D eigenvalue weighted by atomic mass is 10.2. The Kier molecular flexibility index (Phi) is 3.59. The molecule has 2 rings (SSSR count). The molecule has 1 amide bonds. The zero-order valence-electron chi connectivity index (χ0n) is 9.34. The Morgan fingerprint density at radius 3 is 3.06 bits per heavy atom. The summed E-state index contributed by atoms with van der Waals surface area (Å²) in [5.74, 6) is 0.148. The van der Waals surface area contributed by atoms with Crippen molar-refractivity contribution in [1.82, 2.24) is 10.3 Å². The number of nitrogens with one attached hydrogen (secondary N) is 2. The number of aromatic nitrogens is 1. The number of amides is 1. The molecular weight excluding hydrogens is 245 g/mol. The number of alkyl halides is 1. The number of carbonyl (C=O) groups is 1. The second kappa shape index (κ2) is 4.98. The predicted molar refractivity (Wildman–Crippen MR) is 63.9 cm³/mol. The fourth-order valence-corrected chi connectivity index (χ4v) is 1.88. The maximum absolute atomic E-state index is 12.9. The van der Waals surface area contributed by atoms with Gasteiger partial charge in [0.25, 0.3) is 0 Å². The number of anilines is 1. The number of halogens is 2. The lowest BCUT2D eigenvalue weighted by Gasteiger charge is -2.11. The first-order valence-electron chi connectivity index (χ1n) is 5.37. The molecule has 92 valence electrons. The van der Waals surface area contributed by atoms with E-state index in [1.54, 1.807) is 12.1 Å². The number of nitrogens with zero attached hydrogens (tertiary/aromatic N) is 1. The van der Waals surface area contributed by atoms with E-state index < -0.39 is 12.2 Å². The van der Waals surface area contributed by atoms with Crippen molar-refractivity contribution in [3.8, 4) is 0 Å². The van der Waals surface area contributed by atoms with Crippen LogP contribution in [0.2, 0.25) is 5.15 Å². The van der Waals surface area contributed by atoms with Gasteiger partial charge in [-0.05, 0) is 18.6 Å². The van der Waals surface area contributed by atoms with Gasteiger partial charge < -0.3 is 10.6 Å². The van der Waals surface area contributed by atoms with Gasteiger partial charge in [-0.15, -0.1) is 0 Å². The molecular formula is C11H13ClFN3O. The quantitative estimate of drug-likeness (QED) is 0.793. The van der Waals surface area contributed by atoms with Gasteiger partial charge in [-0.1, -0.05) is 17.7 Å². The monoisotopic (exact) mass is 257 g/mol. The van der Waals surface area contributed by atoms with E-state index in [1.165, 1.54) is 0 Å². The highest BCUT2D eigenvalue weighted by atomic mass is 35.5. The summed E-state index contributed by atoms with van der Waals surface area (Å²) in [4.78, 5) is 15.8. The van der Waals surface area contributed by atoms with Gasteiger partial charge in [0.05, 0.1) is 6.04 Å². The summed E-state index contributed by atoms with van der Waals surface area (Å²) in [5.41, 5.74) is 0.817. The molecule has 4 nitrogen and oxygen atoms in total. The van der Waals surface area contributed by atoms with Gasteiger partial charge in [0, 0.05) is 13.0 Å². The van der Waals surface area contributed by atoms with E-state index in [1.807, 2.05) is 6.92 Å². The van der Waals surface area contributed by atoms with Gasteiger partial charge in [-0.3, -0.25) is 4.79 Å². The van der Waals surface area contributed by atoms with E-state index in [-0.39, 0.29) is 18.9 Å². The van der Waals surface area contributed by atoms with Crippen LogP contribution in [-0.2, 0) is 4.79 Å². The minimum atomic E-state index is -0.959. The molecule has 1 aliphatic rings. The molecule has 1 aromatic rings. The summed E-state index contributed by atoms with van der Waals surface area (Å²) >= 11 is 5.75. The minimum Gasteiger partial charge on any atom is -0.309 e. The fourth-order valence-electron chi connectivity index (χ4n) is 1.73. The molecule has 0 unspecified atom stereocenters. The van der Waals surface area contributed by atoms with Crippen molar-refractivity contribution >= 4 is 23.3 Å². The molecule has 0 spiro atoms. The van der Waals surface area contributed by atoms with Crippen LogP contribution >= 0.6 is 11.6 Å². The van der Waals surface area contributed by atoms with Crippen LogP contribution in [0.1, 0.15) is 12.0 Å². The van der Waals surface area contributed by atoms with Crippen LogP contribution in [0.4, 0.5) is 10.2 Å². The second-order valence-corrected chi connectivity index (χ2v) is 4.47. The number of pyridine rings is 1. The molecule has 1 aromatic heterocycles. The van der Waals surface area contributed by atoms with Crippen LogP contribution in [0, 0.1) is 6.92 Å². The lowest BCUT2D eigenvalue weighted by Crippen LogP contribution is -2.35. The minimum absolute atomic E-state index is 0.200. The molecule has 0 radical (unpaired) electrons. The van der Waals surface area contributed by atoms with Crippen LogP contribution in [0.5, 0.6) is 0 Å². The third-order valence-corrected chi connectivity index (χ3v) is 2.91. The summed E-state index contributed by atoms with van der Waals surface area (Å²) in [6, 6.07) is 2.92. The van der Waals surface area contributed by atoms with E-state index in [4.69, 9.17) is 11.6 Å². The molecule has 17 heavy (non-hydrogen) atoms. The van der Waals surface area contributed by atoms with Crippen molar-refractivity contribution in [1.29, 1.82) is 0 Å². The fraction of sp³-hybridized carbons (Fsp3) is 0.455. The van der Waals surface area contributed by atoms with E-state index in [0.717, 1.165) is 5.56 Å². The predicted octanol–water partition coefficient (Wildman–Crippen LogP) is 1.68. The van der Waals surface area contributed by atoms with Crippen molar-refractivity contribution in [3.05, 3.63) is 22.8 Å². The maximum Gasteiger partial charge on any atom is 0.242 e. The highest BCUT2D eigenvalue weighted by Crippen LogP contribution is 2.17. The molecule has 2 heterocycles. The largest absolute Gasteiger partial charge is 0.309 e. The lowest BCUT2D eigenvalue weighted by molar-refractivity contribution is -0.117. The molecule has 1 aliphatic heterocycles. The van der Waals surface area contributed by atoms with Gasteiger partial charge in [0.15, 0.2) is 0 Å². The Morgan fingerprint density at radius 2 is 2.41 bits per heavy atom. The molecule has 1 fully saturated rings. The topological polar surface area (TPSA) is 54.0 Å². The third-order valence-electron chi connectivity index (χ3n) is 2.70. The highest BCUT2D eigenvalue weighted by molar-refractivity contribution is 6.29. The van der Waals surface area contributed by atoms with Crippen molar-refractivity contribution in [2.24, 2.45) is 0 Å². The first-order chi connectivity index (χ1) is 8.06. The number of hydrogen-bond donors (Lipinski definition) is 2. The third kappa shape index (κ3) is 2.92. The molecule has 0 saturated carbocycles. The van der Waals surface area contributed by atoms with Crippen molar-refractivity contribution < 1.29 is 9.18 Å². The van der Waals surface area contributed by atoms with E-state index >= 15 is 0 Å². The Balaban J connectivity index is 2.05. The van der Waals surface area contributed by atoms with Crippen LogP contribution in [0.25, 0.3) is 0 Å². The first-order valence-corrected chi connectivity index (χ1v) is 5.75. The maximum atomic E-state index is 12.9. The number of hydrogen-bond acceptors (Lipinski definition) is 3. The molecule has 0 aromatic carbocycles. The normalized spacial score (nSPS) is 23.7. The van der Waals surface area contributed by atoms with Gasteiger partial charge >= 0.3 is 0 Å². The standard InChI is InChI=1S/C11H13ClFN3O/c1-6-2-3-9(12)15-10(6)16-11(17)8-4-7(13)5-14-8/h2-3,7-8,14H,4-5H2,1H3,(H,15,16,17)/t7-,8+/m1/s1. The molecule has 6 heteroatoms. The van der Waals surface area contributed by atoms with Gasteiger partial charge in [-0.25, -0.2) is 9.37 Å². The smallest absolute Gasteiger partial charge is 0.242 e. The van der Waals surface area contributed by atoms with Gasteiger partial charge in [0.2, 0.25) is 5.91 Å². The van der Waals surface area contributed by atoms with Gasteiger partial charge in [-0.2, -0.15) is 0 Å². The number of aryl methyl sites for hydroxylation is 1. The average Bonchev–Trinajstić information content (AvgIpc) is 2.70. The van der Waals surface area contributed by atoms with Gasteiger partial charge in [0.1, 0.15) is 17.1 Å². The highest BCUT2D eigenvalue weighted by Gasteiger charge is 2.29. The Hall–Kier alpha value is -1.20.